The molecule has 4 heterocycles. The van der Waals surface area contributed by atoms with Gasteiger partial charge in [0.2, 0.25) is 0 Å². The summed E-state index contributed by atoms with van der Waals surface area (Å²) in [4.78, 5) is 4.81. The maximum Gasteiger partial charge on any atom is 0.137 e. The second-order valence-corrected chi connectivity index (χ2v) is 14.7. The minimum Gasteiger partial charge on any atom is -0.456 e. The van der Waals surface area contributed by atoms with E-state index in [1.807, 2.05) is 0 Å². The molecule has 3 aliphatic rings. The molecule has 0 N–H and O–H groups in total. The van der Waals surface area contributed by atoms with Crippen LogP contribution < -0.4 is 14.5 Å². The molecule has 0 saturated carbocycles. The monoisotopic (exact) mass is 694 g/mol. The van der Waals surface area contributed by atoms with Crippen LogP contribution in [0.5, 0.6) is 11.5 Å². The number of benzene rings is 8. The van der Waals surface area contributed by atoms with Gasteiger partial charge in [-0.25, -0.2) is 0 Å². The molecule has 4 nitrogen and oxygen atoms in total. The first-order chi connectivity index (χ1) is 26.8. The number of aryl methyl sites for hydroxylation is 4. The number of anilines is 6. The summed E-state index contributed by atoms with van der Waals surface area (Å²) >= 11 is 0. The van der Waals surface area contributed by atoms with E-state index in [0.717, 1.165) is 92.4 Å². The topological polar surface area (TPSA) is 28.9 Å². The van der Waals surface area contributed by atoms with Crippen LogP contribution in [0.3, 0.4) is 0 Å². The van der Waals surface area contributed by atoms with E-state index < -0.39 is 0 Å². The van der Waals surface area contributed by atoms with Gasteiger partial charge in [-0.1, -0.05) is 84.9 Å². The van der Waals surface area contributed by atoms with Crippen LogP contribution in [0.1, 0.15) is 22.3 Å². The molecular weight excluding hydrogens is 661 g/mol. The Morgan fingerprint density at radius 2 is 0.907 bits per heavy atom. The Bertz CT molecular complexity index is 2920. The highest BCUT2D eigenvalue weighted by molar-refractivity contribution is 6.24. The van der Waals surface area contributed by atoms with Crippen LogP contribution in [0.25, 0.3) is 43.8 Å². The van der Waals surface area contributed by atoms with Crippen LogP contribution in [0.15, 0.2) is 162 Å². The van der Waals surface area contributed by atoms with Crippen molar-refractivity contribution in [3.63, 3.8) is 0 Å². The maximum atomic E-state index is 6.86. The summed E-state index contributed by atoms with van der Waals surface area (Å²) in [5.41, 5.74) is 16.4. The third-order valence-corrected chi connectivity index (χ3v) is 11.8. The summed E-state index contributed by atoms with van der Waals surface area (Å²) in [5.74, 6) is 1.72. The second kappa shape index (κ2) is 11.4. The van der Waals surface area contributed by atoms with Crippen LogP contribution in [0, 0.1) is 0 Å². The van der Waals surface area contributed by atoms with E-state index in [4.69, 9.17) is 9.15 Å². The maximum absolute atomic E-state index is 6.86. The average Bonchev–Trinajstić information content (AvgIpc) is 3.38. The highest BCUT2D eigenvalue weighted by atomic mass is 16.5. The van der Waals surface area contributed by atoms with Gasteiger partial charge in [-0.05, 0) is 114 Å². The highest BCUT2D eigenvalue weighted by Crippen LogP contribution is 2.53. The van der Waals surface area contributed by atoms with Crippen LogP contribution >= 0.6 is 0 Å². The summed E-state index contributed by atoms with van der Waals surface area (Å²) in [7, 11) is 0. The third kappa shape index (κ3) is 4.31. The van der Waals surface area contributed by atoms with Gasteiger partial charge in [0.25, 0.3) is 0 Å². The zero-order valence-corrected chi connectivity index (χ0v) is 29.6. The lowest BCUT2D eigenvalue weighted by Crippen LogP contribution is -2.12. The Balaban J connectivity index is 1.02. The van der Waals surface area contributed by atoms with Gasteiger partial charge in [-0.2, -0.15) is 0 Å². The van der Waals surface area contributed by atoms with E-state index in [-0.39, 0.29) is 0 Å². The van der Waals surface area contributed by atoms with E-state index in [1.54, 1.807) is 0 Å². The Hall–Kier alpha value is -6.78. The average molecular weight is 695 g/mol. The normalized spacial score (nSPS) is 14.1. The fraction of sp³-hybridized carbons (Fsp3) is 0.0800. The highest BCUT2D eigenvalue weighted by Gasteiger charge is 2.28. The van der Waals surface area contributed by atoms with Crippen LogP contribution in [-0.2, 0) is 25.7 Å². The quantitative estimate of drug-likeness (QED) is 0.180. The third-order valence-electron chi connectivity index (χ3n) is 11.8. The molecule has 0 unspecified atom stereocenters. The summed E-state index contributed by atoms with van der Waals surface area (Å²) in [6, 6.07) is 57.2. The molecule has 0 amide bonds. The molecule has 0 bridgehead atoms. The van der Waals surface area contributed by atoms with E-state index in [9.17, 15) is 0 Å². The molecule has 3 aliphatic heterocycles. The molecule has 9 aromatic rings. The van der Waals surface area contributed by atoms with Gasteiger partial charge in [0, 0.05) is 73.5 Å². The molecule has 4 heteroatoms. The molecule has 0 fully saturated rings. The van der Waals surface area contributed by atoms with Gasteiger partial charge in [-0.15, -0.1) is 0 Å². The molecule has 0 spiro atoms. The Kier molecular flexibility index (Phi) is 6.26. The molecule has 0 radical (unpaired) electrons. The van der Waals surface area contributed by atoms with E-state index in [0.29, 0.717) is 0 Å². The number of nitrogens with zero attached hydrogens (tertiary/aromatic N) is 2. The number of hydrogen-bond acceptors (Lipinski definition) is 4. The van der Waals surface area contributed by atoms with Crippen molar-refractivity contribution in [1.29, 1.82) is 0 Å². The number of furan rings is 1. The summed E-state index contributed by atoms with van der Waals surface area (Å²) in [6.07, 6.45) is 4.04. The van der Waals surface area contributed by atoms with Gasteiger partial charge in [0.1, 0.15) is 22.7 Å². The minimum atomic E-state index is 0.850. The second-order valence-electron chi connectivity index (χ2n) is 14.7. The zero-order valence-electron chi connectivity index (χ0n) is 29.6. The van der Waals surface area contributed by atoms with Gasteiger partial charge < -0.3 is 19.0 Å². The van der Waals surface area contributed by atoms with Crippen molar-refractivity contribution in [2.75, 3.05) is 9.80 Å². The Labute approximate surface area is 313 Å². The number of rotatable bonds is 2. The van der Waals surface area contributed by atoms with Crippen molar-refractivity contribution in [3.8, 4) is 22.6 Å². The molecule has 0 atom stereocenters. The lowest BCUT2D eigenvalue weighted by molar-refractivity contribution is 0.487. The lowest BCUT2D eigenvalue weighted by Gasteiger charge is -2.29. The number of para-hydroxylation sites is 4. The zero-order chi connectivity index (χ0) is 35.3. The first kappa shape index (κ1) is 29.8. The lowest BCUT2D eigenvalue weighted by atomic mass is 9.92. The van der Waals surface area contributed by atoms with E-state index in [2.05, 4.69) is 168 Å². The first-order valence-corrected chi connectivity index (χ1v) is 18.9. The predicted octanol–water partition coefficient (Wildman–Crippen LogP) is 13.6. The molecule has 0 aliphatic carbocycles. The van der Waals surface area contributed by atoms with E-state index >= 15 is 0 Å². The van der Waals surface area contributed by atoms with Crippen LogP contribution in [0.2, 0.25) is 0 Å². The van der Waals surface area contributed by atoms with Gasteiger partial charge in [-0.3, -0.25) is 0 Å². The smallest absolute Gasteiger partial charge is 0.137 e. The molecule has 1 aromatic heterocycles. The standard InChI is InChI=1S/C50H34N2O2/c1-5-15-41-31(10-1)20-21-32-11-2-6-16-42(32)51(41)35-24-26-37-40-30-48-49(39-14-9-19-45(50(39)40)53-46(37)28-35)38-27-25-36(29-47(38)54-48)52-43-17-7-3-12-33(43)22-23-34-13-4-8-18-44(34)52/h1-19,24-30H,20-23H2. The molecular formula is C50H34N2O2. The Morgan fingerprint density at radius 1 is 0.370 bits per heavy atom. The largest absolute Gasteiger partial charge is 0.456 e. The predicted molar refractivity (Wildman–Crippen MR) is 221 cm³/mol. The number of fused-ring (bicyclic) bond motifs is 10. The minimum absolute atomic E-state index is 0.850. The van der Waals surface area contributed by atoms with Gasteiger partial charge in [0.05, 0.1) is 0 Å². The van der Waals surface area contributed by atoms with Crippen molar-refractivity contribution >= 4 is 66.8 Å². The van der Waals surface area contributed by atoms with Gasteiger partial charge >= 0.3 is 0 Å². The van der Waals surface area contributed by atoms with Crippen molar-refractivity contribution in [2.24, 2.45) is 0 Å². The van der Waals surface area contributed by atoms with Crippen molar-refractivity contribution in [2.45, 2.75) is 25.7 Å². The summed E-state index contributed by atoms with van der Waals surface area (Å²) in [5, 5.41) is 4.49. The first-order valence-electron chi connectivity index (χ1n) is 18.9. The van der Waals surface area contributed by atoms with Crippen molar-refractivity contribution in [3.05, 3.63) is 180 Å². The molecule has 8 aromatic carbocycles. The molecule has 256 valence electrons. The molecule has 12 rings (SSSR count). The van der Waals surface area contributed by atoms with Crippen LogP contribution in [-0.4, -0.2) is 0 Å². The molecule has 0 saturated heterocycles. The molecule has 54 heavy (non-hydrogen) atoms. The van der Waals surface area contributed by atoms with Crippen LogP contribution in [0.4, 0.5) is 34.1 Å². The van der Waals surface area contributed by atoms with E-state index in [1.165, 1.54) is 45.0 Å². The fourth-order valence-electron chi connectivity index (χ4n) is 9.33. The number of hydrogen-bond donors (Lipinski definition) is 0. The van der Waals surface area contributed by atoms with Crippen molar-refractivity contribution in [1.82, 2.24) is 0 Å². The van der Waals surface area contributed by atoms with Gasteiger partial charge in [0.15, 0.2) is 0 Å². The summed E-state index contributed by atoms with van der Waals surface area (Å²) < 4.78 is 13.7. The fourth-order valence-corrected chi connectivity index (χ4v) is 9.33. The van der Waals surface area contributed by atoms with Crippen molar-refractivity contribution < 1.29 is 9.15 Å². The number of ether oxygens (including phenoxy) is 1. The summed E-state index contributed by atoms with van der Waals surface area (Å²) in [6.45, 7) is 0. The SMILES string of the molecule is c1ccc2c(c1)CCc1ccccc1N2c1ccc2c(c1)Oc1cccc3c1c-2cc1oc2cc(N4c5ccccc5CCc5ccccc54)ccc2c13. The Morgan fingerprint density at radius 3 is 1.50 bits per heavy atom.